The number of nitrogens with two attached hydrogens (primary N) is 1. The summed E-state index contributed by atoms with van der Waals surface area (Å²) in [6, 6.07) is 0.286. The Hall–Kier alpha value is -0.810. The van der Waals surface area contributed by atoms with Crippen LogP contribution in [-0.2, 0) is 0 Å². The number of carbonyl (C=O) groups is 1. The summed E-state index contributed by atoms with van der Waals surface area (Å²) in [5.41, 5.74) is 5.26. The summed E-state index contributed by atoms with van der Waals surface area (Å²) in [4.78, 5) is 15.2. The number of piperidine rings is 1. The summed E-state index contributed by atoms with van der Waals surface area (Å²) in [5, 5.41) is 3.59. The van der Waals surface area contributed by atoms with Crippen molar-refractivity contribution in [2.45, 2.75) is 31.7 Å². The van der Waals surface area contributed by atoms with Crippen molar-refractivity contribution in [2.24, 2.45) is 5.73 Å². The molecular formula is C12H24N4O. The Labute approximate surface area is 103 Å². The van der Waals surface area contributed by atoms with Crippen LogP contribution in [0, 0.1) is 0 Å². The molecule has 2 fully saturated rings. The van der Waals surface area contributed by atoms with Gasteiger partial charge in [-0.3, -0.25) is 0 Å². The lowest BCUT2D eigenvalue weighted by atomic mass is 10.1. The molecule has 5 heteroatoms. The number of rotatable bonds is 4. The van der Waals surface area contributed by atoms with Crippen molar-refractivity contribution in [2.75, 3.05) is 39.3 Å². The Morgan fingerprint density at radius 1 is 1.18 bits per heavy atom. The van der Waals surface area contributed by atoms with Crippen molar-refractivity contribution < 1.29 is 4.79 Å². The van der Waals surface area contributed by atoms with Crippen LogP contribution in [-0.4, -0.2) is 61.1 Å². The number of hydrogen-bond acceptors (Lipinski definition) is 3. The minimum Gasteiger partial charge on any atom is -0.351 e. The van der Waals surface area contributed by atoms with Crippen LogP contribution in [0.15, 0.2) is 0 Å². The van der Waals surface area contributed by atoms with Gasteiger partial charge in [0.05, 0.1) is 0 Å². The maximum Gasteiger partial charge on any atom is 0.314 e. The fraction of sp³-hybridized carbons (Fsp3) is 0.917. The first kappa shape index (κ1) is 12.6. The molecular weight excluding hydrogens is 216 g/mol. The van der Waals surface area contributed by atoms with Crippen LogP contribution in [0.5, 0.6) is 0 Å². The Balaban J connectivity index is 1.56. The Morgan fingerprint density at radius 3 is 2.41 bits per heavy atom. The van der Waals surface area contributed by atoms with Crippen LogP contribution < -0.4 is 11.1 Å². The van der Waals surface area contributed by atoms with Crippen LogP contribution in [0.3, 0.4) is 0 Å². The van der Waals surface area contributed by atoms with E-state index >= 15 is 0 Å². The van der Waals surface area contributed by atoms with Crippen molar-refractivity contribution in [3.05, 3.63) is 0 Å². The molecule has 0 atom stereocenters. The molecule has 0 radical (unpaired) electrons. The first-order valence-corrected chi connectivity index (χ1v) is 6.76. The molecule has 17 heavy (non-hydrogen) atoms. The molecule has 2 amide bonds. The average molecular weight is 240 g/mol. The van der Waals surface area contributed by atoms with Gasteiger partial charge in [0.15, 0.2) is 0 Å². The molecule has 0 saturated carbocycles. The van der Waals surface area contributed by atoms with Crippen LogP contribution in [0.1, 0.15) is 25.7 Å². The van der Waals surface area contributed by atoms with Crippen LogP contribution in [0.2, 0.25) is 0 Å². The van der Waals surface area contributed by atoms with Gasteiger partial charge in [-0.15, -0.1) is 0 Å². The van der Waals surface area contributed by atoms with Gasteiger partial charge in [-0.25, -0.2) is 4.79 Å². The van der Waals surface area contributed by atoms with Crippen molar-refractivity contribution in [3.63, 3.8) is 0 Å². The summed E-state index contributed by atoms with van der Waals surface area (Å²) in [5.74, 6) is 0. The van der Waals surface area contributed by atoms with Crippen molar-refractivity contribution in [1.29, 1.82) is 0 Å². The molecule has 0 spiro atoms. The Kier molecular flexibility index (Phi) is 4.62. The van der Waals surface area contributed by atoms with Gasteiger partial charge in [0, 0.05) is 32.2 Å². The monoisotopic (exact) mass is 240 g/mol. The number of hydrogen-bond donors (Lipinski definition) is 2. The topological polar surface area (TPSA) is 61.6 Å². The first-order chi connectivity index (χ1) is 8.25. The SMILES string of the molecule is NC(=O)N1CCC(NCCN2CCCC2)CC1. The Bertz CT molecular complexity index is 245. The second kappa shape index (κ2) is 6.21. The molecule has 5 nitrogen and oxygen atoms in total. The van der Waals surface area contributed by atoms with Crippen molar-refractivity contribution in [1.82, 2.24) is 15.1 Å². The predicted molar refractivity (Wildman–Crippen MR) is 67.9 cm³/mol. The zero-order valence-corrected chi connectivity index (χ0v) is 10.5. The quantitative estimate of drug-likeness (QED) is 0.739. The van der Waals surface area contributed by atoms with E-state index in [-0.39, 0.29) is 6.03 Å². The van der Waals surface area contributed by atoms with Gasteiger partial charge >= 0.3 is 6.03 Å². The molecule has 2 saturated heterocycles. The van der Waals surface area contributed by atoms with Gasteiger partial charge in [0.25, 0.3) is 0 Å². The molecule has 0 aliphatic carbocycles. The molecule has 2 rings (SSSR count). The van der Waals surface area contributed by atoms with E-state index in [1.165, 1.54) is 25.9 Å². The van der Waals surface area contributed by atoms with Gasteiger partial charge in [-0.2, -0.15) is 0 Å². The van der Waals surface area contributed by atoms with E-state index in [9.17, 15) is 4.79 Å². The summed E-state index contributed by atoms with van der Waals surface area (Å²) in [6.45, 7) is 6.37. The molecule has 3 N–H and O–H groups in total. The van der Waals surface area contributed by atoms with E-state index in [0.717, 1.165) is 39.0 Å². The van der Waals surface area contributed by atoms with E-state index < -0.39 is 0 Å². The van der Waals surface area contributed by atoms with Crippen LogP contribution in [0.4, 0.5) is 4.79 Å². The summed E-state index contributed by atoms with van der Waals surface area (Å²) in [7, 11) is 0. The normalized spacial score (nSPS) is 23.2. The zero-order valence-electron chi connectivity index (χ0n) is 10.5. The first-order valence-electron chi connectivity index (χ1n) is 6.76. The summed E-state index contributed by atoms with van der Waals surface area (Å²) in [6.07, 6.45) is 4.78. The molecule has 2 aliphatic rings. The van der Waals surface area contributed by atoms with E-state index in [2.05, 4.69) is 10.2 Å². The van der Waals surface area contributed by atoms with Crippen molar-refractivity contribution >= 4 is 6.03 Å². The standard InChI is InChI=1S/C12H24N4O/c13-12(17)16-8-3-11(4-9-16)14-5-10-15-6-1-2-7-15/h11,14H,1-10H2,(H2,13,17). The summed E-state index contributed by atoms with van der Waals surface area (Å²) < 4.78 is 0. The second-order valence-corrected chi connectivity index (χ2v) is 5.10. The van der Waals surface area contributed by atoms with Gasteiger partial charge < -0.3 is 20.9 Å². The highest BCUT2D eigenvalue weighted by Crippen LogP contribution is 2.10. The highest BCUT2D eigenvalue weighted by molar-refractivity contribution is 5.72. The van der Waals surface area contributed by atoms with Gasteiger partial charge in [-0.1, -0.05) is 0 Å². The smallest absolute Gasteiger partial charge is 0.314 e. The average Bonchev–Trinajstić information content (AvgIpc) is 2.83. The summed E-state index contributed by atoms with van der Waals surface area (Å²) >= 11 is 0. The highest BCUT2D eigenvalue weighted by atomic mass is 16.2. The third kappa shape index (κ3) is 3.85. The van der Waals surface area contributed by atoms with Gasteiger partial charge in [0.1, 0.15) is 0 Å². The van der Waals surface area contributed by atoms with Crippen LogP contribution in [0.25, 0.3) is 0 Å². The van der Waals surface area contributed by atoms with Gasteiger partial charge in [0.2, 0.25) is 0 Å². The lowest BCUT2D eigenvalue weighted by Gasteiger charge is -2.31. The molecule has 0 aromatic carbocycles. The fourth-order valence-corrected chi connectivity index (χ4v) is 2.74. The van der Waals surface area contributed by atoms with E-state index in [0.29, 0.717) is 6.04 Å². The number of nitrogens with one attached hydrogen (secondary N) is 1. The van der Waals surface area contributed by atoms with Gasteiger partial charge in [-0.05, 0) is 38.8 Å². The third-order valence-electron chi connectivity index (χ3n) is 3.87. The molecule has 0 bridgehead atoms. The molecule has 2 heterocycles. The van der Waals surface area contributed by atoms with E-state index in [4.69, 9.17) is 5.73 Å². The molecule has 0 unspecified atom stereocenters. The second-order valence-electron chi connectivity index (χ2n) is 5.10. The predicted octanol–water partition coefficient (Wildman–Crippen LogP) is 0.215. The lowest BCUT2D eigenvalue weighted by molar-refractivity contribution is 0.184. The molecule has 0 aromatic heterocycles. The molecule has 2 aliphatic heterocycles. The zero-order chi connectivity index (χ0) is 12.1. The number of amides is 2. The van der Waals surface area contributed by atoms with Crippen LogP contribution >= 0.6 is 0 Å². The molecule has 98 valence electrons. The third-order valence-corrected chi connectivity index (χ3v) is 3.87. The lowest BCUT2D eigenvalue weighted by Crippen LogP contribution is -2.47. The number of carbonyl (C=O) groups excluding carboxylic acids is 1. The number of nitrogens with zero attached hydrogens (tertiary/aromatic N) is 2. The van der Waals surface area contributed by atoms with Crippen molar-refractivity contribution in [3.8, 4) is 0 Å². The maximum atomic E-state index is 11.0. The van der Waals surface area contributed by atoms with E-state index in [1.54, 1.807) is 4.90 Å². The number of primary amides is 1. The number of likely N-dealkylation sites (tertiary alicyclic amines) is 2. The van der Waals surface area contributed by atoms with E-state index in [1.807, 2.05) is 0 Å². The minimum absolute atomic E-state index is 0.277. The number of urea groups is 1. The minimum atomic E-state index is -0.277. The molecule has 0 aromatic rings. The highest BCUT2D eigenvalue weighted by Gasteiger charge is 2.20. The maximum absolute atomic E-state index is 11.0. The largest absolute Gasteiger partial charge is 0.351 e. The Morgan fingerprint density at radius 2 is 1.82 bits per heavy atom. The fourth-order valence-electron chi connectivity index (χ4n) is 2.74.